The SMILES string of the molecule is Cc1cc(C(=O)N2CCN(CCn3nc(-c4ccncc4)ccc3=O)CC2)c(C)o1. The van der Waals surface area contributed by atoms with Crippen LogP contribution in [0.2, 0.25) is 0 Å². The third-order valence-electron chi connectivity index (χ3n) is 5.40. The van der Waals surface area contributed by atoms with Crippen LogP contribution in [0.1, 0.15) is 21.9 Å². The number of hydrogen-bond acceptors (Lipinski definition) is 6. The van der Waals surface area contributed by atoms with Crippen LogP contribution in [0, 0.1) is 13.8 Å². The van der Waals surface area contributed by atoms with Crippen LogP contribution in [0.25, 0.3) is 11.3 Å². The Morgan fingerprint density at radius 3 is 2.43 bits per heavy atom. The van der Waals surface area contributed by atoms with Crippen LogP contribution in [0.4, 0.5) is 0 Å². The fourth-order valence-corrected chi connectivity index (χ4v) is 3.71. The third kappa shape index (κ3) is 4.33. The first kappa shape index (κ1) is 20.0. The molecule has 0 spiro atoms. The molecule has 0 aromatic carbocycles. The van der Waals surface area contributed by atoms with E-state index >= 15 is 0 Å². The van der Waals surface area contributed by atoms with Gasteiger partial charge in [0, 0.05) is 56.7 Å². The Labute approximate surface area is 174 Å². The zero-order chi connectivity index (χ0) is 21.1. The number of furan rings is 1. The van der Waals surface area contributed by atoms with E-state index in [0.717, 1.165) is 30.1 Å². The van der Waals surface area contributed by atoms with E-state index in [0.29, 0.717) is 37.5 Å². The van der Waals surface area contributed by atoms with Gasteiger partial charge < -0.3 is 9.32 Å². The second kappa shape index (κ2) is 8.62. The van der Waals surface area contributed by atoms with Gasteiger partial charge in [0.05, 0.1) is 17.8 Å². The summed E-state index contributed by atoms with van der Waals surface area (Å²) in [6.45, 7) is 7.72. The van der Waals surface area contributed by atoms with Crippen LogP contribution in [0.15, 0.2) is 51.9 Å². The Morgan fingerprint density at radius 1 is 1.03 bits per heavy atom. The molecule has 3 aromatic heterocycles. The normalized spacial score (nSPS) is 14.8. The Bertz CT molecular complexity index is 1080. The number of aryl methyl sites for hydroxylation is 2. The van der Waals surface area contributed by atoms with E-state index in [1.165, 1.54) is 4.68 Å². The van der Waals surface area contributed by atoms with Gasteiger partial charge in [0.2, 0.25) is 0 Å². The predicted molar refractivity (Wildman–Crippen MR) is 112 cm³/mol. The summed E-state index contributed by atoms with van der Waals surface area (Å²) in [7, 11) is 0. The van der Waals surface area contributed by atoms with Gasteiger partial charge in [-0.3, -0.25) is 19.5 Å². The molecule has 0 bridgehead atoms. The Balaban J connectivity index is 1.34. The van der Waals surface area contributed by atoms with Gasteiger partial charge >= 0.3 is 0 Å². The van der Waals surface area contributed by atoms with Crippen LogP contribution in [0.5, 0.6) is 0 Å². The quantitative estimate of drug-likeness (QED) is 0.643. The molecule has 4 heterocycles. The molecule has 0 unspecified atom stereocenters. The lowest BCUT2D eigenvalue weighted by atomic mass is 10.2. The lowest BCUT2D eigenvalue weighted by Crippen LogP contribution is -2.49. The van der Waals surface area contributed by atoms with Crippen molar-refractivity contribution in [2.24, 2.45) is 0 Å². The smallest absolute Gasteiger partial charge is 0.266 e. The van der Waals surface area contributed by atoms with Gasteiger partial charge in [0.25, 0.3) is 11.5 Å². The standard InChI is InChI=1S/C22H25N5O3/c1-16-15-19(17(2)30-16)22(29)26-12-9-25(10-13-26)11-14-27-21(28)4-3-20(24-27)18-5-7-23-8-6-18/h3-8,15H,9-14H2,1-2H3. The van der Waals surface area contributed by atoms with Crippen molar-refractivity contribution >= 4 is 5.91 Å². The molecule has 1 amide bonds. The first-order valence-corrected chi connectivity index (χ1v) is 10.1. The first-order chi connectivity index (χ1) is 14.5. The van der Waals surface area contributed by atoms with E-state index in [2.05, 4.69) is 15.0 Å². The molecule has 1 aliphatic rings. The summed E-state index contributed by atoms with van der Waals surface area (Å²) in [6.07, 6.45) is 3.42. The average Bonchev–Trinajstić information content (AvgIpc) is 3.11. The van der Waals surface area contributed by atoms with Crippen molar-refractivity contribution in [1.82, 2.24) is 24.6 Å². The molecule has 3 aromatic rings. The third-order valence-corrected chi connectivity index (χ3v) is 5.40. The van der Waals surface area contributed by atoms with Crippen LogP contribution < -0.4 is 5.56 Å². The summed E-state index contributed by atoms with van der Waals surface area (Å²) < 4.78 is 6.99. The van der Waals surface area contributed by atoms with Gasteiger partial charge in [-0.25, -0.2) is 4.68 Å². The summed E-state index contributed by atoms with van der Waals surface area (Å²) in [5.41, 5.74) is 2.20. The van der Waals surface area contributed by atoms with Gasteiger partial charge in [0.15, 0.2) is 0 Å². The highest BCUT2D eigenvalue weighted by atomic mass is 16.3. The molecule has 0 aliphatic carbocycles. The molecule has 1 fully saturated rings. The van der Waals surface area contributed by atoms with Crippen LogP contribution >= 0.6 is 0 Å². The number of piperazine rings is 1. The lowest BCUT2D eigenvalue weighted by Gasteiger charge is -2.34. The van der Waals surface area contributed by atoms with Crippen molar-refractivity contribution in [3.63, 3.8) is 0 Å². The van der Waals surface area contributed by atoms with E-state index in [1.807, 2.05) is 30.9 Å². The van der Waals surface area contributed by atoms with Gasteiger partial charge in [-0.1, -0.05) is 0 Å². The molecule has 0 radical (unpaired) electrons. The summed E-state index contributed by atoms with van der Waals surface area (Å²) in [4.78, 5) is 33.1. The second-order valence-corrected chi connectivity index (χ2v) is 7.48. The number of rotatable bonds is 5. The maximum Gasteiger partial charge on any atom is 0.266 e. The Hall–Kier alpha value is -3.26. The maximum atomic E-state index is 12.7. The summed E-state index contributed by atoms with van der Waals surface area (Å²) in [5, 5.41) is 4.50. The number of carbonyl (C=O) groups excluding carboxylic acids is 1. The summed E-state index contributed by atoms with van der Waals surface area (Å²) >= 11 is 0. The lowest BCUT2D eigenvalue weighted by molar-refractivity contribution is 0.0630. The topological polar surface area (TPSA) is 84.5 Å². The molecule has 8 nitrogen and oxygen atoms in total. The van der Waals surface area contributed by atoms with Crippen molar-refractivity contribution < 1.29 is 9.21 Å². The zero-order valence-electron chi connectivity index (χ0n) is 17.2. The molecule has 0 saturated carbocycles. The van der Waals surface area contributed by atoms with E-state index in [1.54, 1.807) is 30.6 Å². The highest BCUT2D eigenvalue weighted by molar-refractivity contribution is 5.95. The van der Waals surface area contributed by atoms with Crippen molar-refractivity contribution in [1.29, 1.82) is 0 Å². The molecular formula is C22H25N5O3. The summed E-state index contributed by atoms with van der Waals surface area (Å²) in [6, 6.07) is 8.83. The second-order valence-electron chi connectivity index (χ2n) is 7.48. The average molecular weight is 407 g/mol. The molecule has 1 saturated heterocycles. The zero-order valence-corrected chi connectivity index (χ0v) is 17.2. The van der Waals surface area contributed by atoms with Crippen molar-refractivity contribution in [2.45, 2.75) is 20.4 Å². The van der Waals surface area contributed by atoms with Gasteiger partial charge in [0.1, 0.15) is 11.5 Å². The first-order valence-electron chi connectivity index (χ1n) is 10.1. The molecule has 30 heavy (non-hydrogen) atoms. The molecule has 1 aliphatic heterocycles. The molecule has 8 heteroatoms. The number of nitrogens with zero attached hydrogens (tertiary/aromatic N) is 5. The van der Waals surface area contributed by atoms with E-state index in [-0.39, 0.29) is 11.5 Å². The van der Waals surface area contributed by atoms with E-state index < -0.39 is 0 Å². The van der Waals surface area contributed by atoms with Crippen molar-refractivity contribution in [2.75, 3.05) is 32.7 Å². The Morgan fingerprint density at radius 2 is 1.77 bits per heavy atom. The molecule has 0 N–H and O–H groups in total. The van der Waals surface area contributed by atoms with Gasteiger partial charge in [-0.2, -0.15) is 5.10 Å². The van der Waals surface area contributed by atoms with Gasteiger partial charge in [-0.05, 0) is 38.1 Å². The summed E-state index contributed by atoms with van der Waals surface area (Å²) in [5.74, 6) is 1.44. The minimum absolute atomic E-state index is 0.0203. The van der Waals surface area contributed by atoms with E-state index in [4.69, 9.17) is 4.42 Å². The number of pyridine rings is 1. The number of aromatic nitrogens is 3. The minimum atomic E-state index is -0.118. The van der Waals surface area contributed by atoms with Crippen LogP contribution in [-0.2, 0) is 6.54 Å². The fourth-order valence-electron chi connectivity index (χ4n) is 3.71. The Kier molecular flexibility index (Phi) is 5.76. The highest BCUT2D eigenvalue weighted by Crippen LogP contribution is 2.17. The van der Waals surface area contributed by atoms with Crippen molar-refractivity contribution in [3.05, 3.63) is 70.2 Å². The minimum Gasteiger partial charge on any atom is -0.466 e. The number of carbonyl (C=O) groups is 1. The van der Waals surface area contributed by atoms with Crippen molar-refractivity contribution in [3.8, 4) is 11.3 Å². The monoisotopic (exact) mass is 407 g/mol. The van der Waals surface area contributed by atoms with Crippen LogP contribution in [0.3, 0.4) is 0 Å². The molecular weight excluding hydrogens is 382 g/mol. The number of amides is 1. The fraction of sp³-hybridized carbons (Fsp3) is 0.364. The molecule has 4 rings (SSSR count). The highest BCUT2D eigenvalue weighted by Gasteiger charge is 2.24. The largest absolute Gasteiger partial charge is 0.466 e. The number of hydrogen-bond donors (Lipinski definition) is 0. The maximum absolute atomic E-state index is 12.7. The molecule has 0 atom stereocenters. The molecule has 156 valence electrons. The van der Waals surface area contributed by atoms with E-state index in [9.17, 15) is 9.59 Å². The predicted octanol–water partition coefficient (Wildman–Crippen LogP) is 1.97. The van der Waals surface area contributed by atoms with Crippen LogP contribution in [-0.4, -0.2) is 63.2 Å². The van der Waals surface area contributed by atoms with Gasteiger partial charge in [-0.15, -0.1) is 0 Å².